The van der Waals surface area contributed by atoms with E-state index >= 15 is 0 Å². The molecule has 7 heteroatoms. The lowest BCUT2D eigenvalue weighted by atomic mass is 9.89. The third-order valence-corrected chi connectivity index (χ3v) is 6.12. The highest BCUT2D eigenvalue weighted by Crippen LogP contribution is 2.26. The molecule has 0 atom stereocenters. The summed E-state index contributed by atoms with van der Waals surface area (Å²) >= 11 is 0. The molecule has 7 nitrogen and oxygen atoms in total. The summed E-state index contributed by atoms with van der Waals surface area (Å²) < 4.78 is 0. The van der Waals surface area contributed by atoms with Crippen LogP contribution in [0.3, 0.4) is 0 Å². The summed E-state index contributed by atoms with van der Waals surface area (Å²) in [5.41, 5.74) is 14.1. The lowest BCUT2D eigenvalue weighted by Crippen LogP contribution is -2.48. The van der Waals surface area contributed by atoms with Crippen LogP contribution in [-0.4, -0.2) is 52.6 Å². The van der Waals surface area contributed by atoms with Crippen LogP contribution in [0.1, 0.15) is 48.9 Å². The van der Waals surface area contributed by atoms with Gasteiger partial charge in [0.15, 0.2) is 0 Å². The Morgan fingerprint density at radius 3 is 2.47 bits per heavy atom. The van der Waals surface area contributed by atoms with Crippen molar-refractivity contribution in [1.82, 2.24) is 19.9 Å². The van der Waals surface area contributed by atoms with E-state index in [-0.39, 0.29) is 0 Å². The van der Waals surface area contributed by atoms with Crippen molar-refractivity contribution in [3.05, 3.63) is 35.2 Å². The summed E-state index contributed by atoms with van der Waals surface area (Å²) in [4.78, 5) is 17.9. The number of nitrogens with zero attached hydrogens (tertiary/aromatic N) is 5. The van der Waals surface area contributed by atoms with Crippen LogP contribution in [0.15, 0.2) is 18.3 Å². The lowest BCUT2D eigenvalue weighted by Gasteiger charge is -2.38. The highest BCUT2D eigenvalue weighted by atomic mass is 15.3. The maximum absolute atomic E-state index is 5.98. The van der Waals surface area contributed by atoms with E-state index in [0.717, 1.165) is 54.7 Å². The van der Waals surface area contributed by atoms with Crippen molar-refractivity contribution >= 4 is 17.6 Å². The van der Waals surface area contributed by atoms with Gasteiger partial charge in [0.05, 0.1) is 11.3 Å². The first kappa shape index (κ1) is 20.4. The quantitative estimate of drug-likeness (QED) is 0.757. The van der Waals surface area contributed by atoms with E-state index in [4.69, 9.17) is 11.5 Å². The highest BCUT2D eigenvalue weighted by molar-refractivity contribution is 5.61. The maximum Gasteiger partial charge on any atom is 0.222 e. The molecule has 1 saturated carbocycles. The van der Waals surface area contributed by atoms with Gasteiger partial charge in [-0.05, 0) is 37.8 Å². The highest BCUT2D eigenvalue weighted by Gasteiger charge is 2.24. The Kier molecular flexibility index (Phi) is 6.34. The number of anilines is 3. The predicted molar refractivity (Wildman–Crippen MR) is 121 cm³/mol. The summed E-state index contributed by atoms with van der Waals surface area (Å²) in [5, 5.41) is 0. The first-order chi connectivity index (χ1) is 14.6. The standard InChI is InChI=1S/C23H31N7/c1-17-20(9-7-18-8-10-21(24)26-15-18)22(28-23(25)27-17)30-13-11-29(12-14-30)16-19-5-3-2-4-6-19/h8,10,15,19H,2-6,11-14,16H2,1H3,(H2,24,26)(H2,25,27,28). The van der Waals surface area contributed by atoms with Crippen LogP contribution in [0.25, 0.3) is 0 Å². The van der Waals surface area contributed by atoms with Gasteiger partial charge in [0, 0.05) is 44.5 Å². The SMILES string of the molecule is Cc1nc(N)nc(N2CCN(CC3CCCCC3)CC2)c1C#Cc1ccc(N)nc1. The smallest absolute Gasteiger partial charge is 0.222 e. The average molecular weight is 406 g/mol. The van der Waals surface area contributed by atoms with Crippen molar-refractivity contribution in [3.63, 3.8) is 0 Å². The molecule has 2 aromatic rings. The Morgan fingerprint density at radius 2 is 1.77 bits per heavy atom. The Labute approximate surface area is 178 Å². The zero-order valence-corrected chi connectivity index (χ0v) is 17.8. The molecule has 30 heavy (non-hydrogen) atoms. The van der Waals surface area contributed by atoms with E-state index in [1.807, 2.05) is 13.0 Å². The van der Waals surface area contributed by atoms with Crippen LogP contribution >= 0.6 is 0 Å². The number of nitrogen functional groups attached to an aromatic ring is 2. The van der Waals surface area contributed by atoms with Crippen molar-refractivity contribution in [2.24, 2.45) is 5.92 Å². The monoisotopic (exact) mass is 405 g/mol. The topological polar surface area (TPSA) is 97.2 Å². The average Bonchev–Trinajstić information content (AvgIpc) is 2.75. The summed E-state index contributed by atoms with van der Waals surface area (Å²) in [6.07, 6.45) is 8.67. The summed E-state index contributed by atoms with van der Waals surface area (Å²) in [6.45, 7) is 7.13. The molecule has 4 N–H and O–H groups in total. The molecular formula is C23H31N7. The normalized spacial score (nSPS) is 18.1. The summed E-state index contributed by atoms with van der Waals surface area (Å²) in [6, 6.07) is 3.62. The lowest BCUT2D eigenvalue weighted by molar-refractivity contribution is 0.191. The van der Waals surface area contributed by atoms with Crippen LogP contribution in [0, 0.1) is 24.7 Å². The molecule has 1 saturated heterocycles. The molecule has 3 heterocycles. The van der Waals surface area contributed by atoms with E-state index in [1.54, 1.807) is 12.3 Å². The minimum atomic E-state index is 0.298. The number of nitrogens with two attached hydrogens (primary N) is 2. The molecule has 1 aliphatic heterocycles. The van der Waals surface area contributed by atoms with Gasteiger partial charge in [-0.25, -0.2) is 9.97 Å². The molecular weight excluding hydrogens is 374 g/mol. The summed E-state index contributed by atoms with van der Waals surface area (Å²) in [5.74, 6) is 8.91. The second kappa shape index (κ2) is 9.31. The van der Waals surface area contributed by atoms with Crippen LogP contribution < -0.4 is 16.4 Å². The fourth-order valence-corrected chi connectivity index (χ4v) is 4.45. The molecule has 0 aromatic carbocycles. The Balaban J connectivity index is 1.48. The zero-order valence-electron chi connectivity index (χ0n) is 17.8. The number of piperazine rings is 1. The van der Waals surface area contributed by atoms with Gasteiger partial charge in [-0.2, -0.15) is 4.98 Å². The Hall–Kier alpha value is -2.85. The van der Waals surface area contributed by atoms with E-state index in [1.165, 1.54) is 38.6 Å². The second-order valence-corrected chi connectivity index (χ2v) is 8.38. The van der Waals surface area contributed by atoms with Gasteiger partial charge < -0.3 is 16.4 Å². The molecule has 0 amide bonds. The van der Waals surface area contributed by atoms with Crippen molar-refractivity contribution < 1.29 is 0 Å². The number of pyridine rings is 1. The Morgan fingerprint density at radius 1 is 1.00 bits per heavy atom. The van der Waals surface area contributed by atoms with Crippen LogP contribution in [0.5, 0.6) is 0 Å². The van der Waals surface area contributed by atoms with Crippen LogP contribution in [0.4, 0.5) is 17.6 Å². The van der Waals surface area contributed by atoms with Crippen molar-refractivity contribution in [2.75, 3.05) is 49.1 Å². The molecule has 158 valence electrons. The van der Waals surface area contributed by atoms with Gasteiger partial charge in [0.1, 0.15) is 11.6 Å². The van der Waals surface area contributed by atoms with Crippen LogP contribution in [-0.2, 0) is 0 Å². The molecule has 0 spiro atoms. The van der Waals surface area contributed by atoms with Gasteiger partial charge in [-0.15, -0.1) is 0 Å². The van der Waals surface area contributed by atoms with Gasteiger partial charge in [-0.1, -0.05) is 31.1 Å². The number of hydrogen-bond acceptors (Lipinski definition) is 7. The molecule has 1 aliphatic carbocycles. The predicted octanol–water partition coefficient (Wildman–Crippen LogP) is 2.45. The molecule has 2 aromatic heterocycles. The summed E-state index contributed by atoms with van der Waals surface area (Å²) in [7, 11) is 0. The molecule has 2 aliphatic rings. The number of rotatable bonds is 3. The first-order valence-electron chi connectivity index (χ1n) is 10.9. The van der Waals surface area contributed by atoms with Crippen molar-refractivity contribution in [1.29, 1.82) is 0 Å². The minimum absolute atomic E-state index is 0.298. The van der Waals surface area contributed by atoms with Gasteiger partial charge in [-0.3, -0.25) is 4.90 Å². The molecule has 2 fully saturated rings. The fraction of sp³-hybridized carbons (Fsp3) is 0.522. The van der Waals surface area contributed by atoms with Crippen LogP contribution in [0.2, 0.25) is 0 Å². The Bertz CT molecular complexity index is 915. The largest absolute Gasteiger partial charge is 0.384 e. The number of aryl methyl sites for hydroxylation is 1. The molecule has 0 unspecified atom stereocenters. The second-order valence-electron chi connectivity index (χ2n) is 8.38. The van der Waals surface area contributed by atoms with E-state index in [2.05, 4.69) is 36.6 Å². The number of hydrogen-bond donors (Lipinski definition) is 2. The maximum atomic E-state index is 5.98. The van der Waals surface area contributed by atoms with Gasteiger partial charge >= 0.3 is 0 Å². The zero-order chi connectivity index (χ0) is 20.9. The molecule has 0 bridgehead atoms. The third kappa shape index (κ3) is 5.00. The number of aromatic nitrogens is 3. The fourth-order valence-electron chi connectivity index (χ4n) is 4.45. The van der Waals surface area contributed by atoms with Crippen molar-refractivity contribution in [3.8, 4) is 11.8 Å². The van der Waals surface area contributed by atoms with Gasteiger partial charge in [0.25, 0.3) is 0 Å². The van der Waals surface area contributed by atoms with Crippen molar-refractivity contribution in [2.45, 2.75) is 39.0 Å². The molecule has 0 radical (unpaired) electrons. The minimum Gasteiger partial charge on any atom is -0.384 e. The van der Waals surface area contributed by atoms with Gasteiger partial charge in [0.2, 0.25) is 5.95 Å². The first-order valence-corrected chi connectivity index (χ1v) is 10.9. The van der Waals surface area contributed by atoms with E-state index in [9.17, 15) is 0 Å². The van der Waals surface area contributed by atoms with E-state index in [0.29, 0.717) is 11.8 Å². The molecule has 4 rings (SSSR count). The third-order valence-electron chi connectivity index (χ3n) is 6.12. The van der Waals surface area contributed by atoms with E-state index < -0.39 is 0 Å².